The molecule has 1 nitrogen and oxygen atoms in total. The molecule has 1 saturated carbocycles. The van der Waals surface area contributed by atoms with E-state index < -0.39 is 0 Å². The van der Waals surface area contributed by atoms with Crippen molar-refractivity contribution in [2.24, 2.45) is 5.73 Å². The van der Waals surface area contributed by atoms with Gasteiger partial charge >= 0.3 is 0 Å². The molecule has 0 aliphatic heterocycles. The Kier molecular flexibility index (Phi) is 2.55. The Labute approximate surface area is 90.5 Å². The number of hydrogen-bond acceptors (Lipinski definition) is 1. The van der Waals surface area contributed by atoms with Gasteiger partial charge in [-0.1, -0.05) is 13.0 Å². The van der Waals surface area contributed by atoms with Crippen LogP contribution in [0.5, 0.6) is 0 Å². The van der Waals surface area contributed by atoms with E-state index in [9.17, 15) is 4.39 Å². The summed E-state index contributed by atoms with van der Waals surface area (Å²) in [6.45, 7) is 4.12. The summed E-state index contributed by atoms with van der Waals surface area (Å²) < 4.78 is 13.3. The second-order valence-electron chi connectivity index (χ2n) is 5.08. The van der Waals surface area contributed by atoms with Crippen molar-refractivity contribution in [3.8, 4) is 0 Å². The Morgan fingerprint density at radius 3 is 2.67 bits per heavy atom. The third-order valence-electron chi connectivity index (χ3n) is 3.52. The molecule has 0 saturated heterocycles. The molecule has 15 heavy (non-hydrogen) atoms. The summed E-state index contributed by atoms with van der Waals surface area (Å²) in [5, 5.41) is 0. The van der Waals surface area contributed by atoms with Crippen molar-refractivity contribution >= 4 is 0 Å². The SMILES string of the molecule is Cc1cc(F)cc(C2(C)CCC(N)C2)c1. The smallest absolute Gasteiger partial charge is 0.123 e. The largest absolute Gasteiger partial charge is 0.328 e. The molecular formula is C13H18FN. The van der Waals surface area contributed by atoms with Crippen LogP contribution in [0.15, 0.2) is 18.2 Å². The van der Waals surface area contributed by atoms with Gasteiger partial charge in [0, 0.05) is 6.04 Å². The van der Waals surface area contributed by atoms with Crippen LogP contribution < -0.4 is 5.73 Å². The zero-order chi connectivity index (χ0) is 11.1. The lowest BCUT2D eigenvalue weighted by Crippen LogP contribution is -2.22. The van der Waals surface area contributed by atoms with Crippen molar-refractivity contribution in [3.63, 3.8) is 0 Å². The number of aryl methyl sites for hydroxylation is 1. The van der Waals surface area contributed by atoms with Crippen LogP contribution in [0, 0.1) is 12.7 Å². The fourth-order valence-electron chi connectivity index (χ4n) is 2.63. The maximum absolute atomic E-state index is 13.3. The van der Waals surface area contributed by atoms with Gasteiger partial charge in [-0.3, -0.25) is 0 Å². The molecule has 0 aromatic heterocycles. The summed E-state index contributed by atoms with van der Waals surface area (Å²) in [4.78, 5) is 0. The minimum absolute atomic E-state index is 0.0757. The minimum atomic E-state index is -0.133. The van der Waals surface area contributed by atoms with Crippen LogP contribution in [0.1, 0.15) is 37.3 Å². The molecule has 0 amide bonds. The van der Waals surface area contributed by atoms with Crippen molar-refractivity contribution in [1.82, 2.24) is 0 Å². The van der Waals surface area contributed by atoms with Crippen molar-refractivity contribution in [2.45, 2.75) is 44.6 Å². The van der Waals surface area contributed by atoms with Crippen molar-refractivity contribution in [1.29, 1.82) is 0 Å². The molecule has 2 unspecified atom stereocenters. The Bertz CT molecular complexity index is 355. The molecule has 0 radical (unpaired) electrons. The van der Waals surface area contributed by atoms with Crippen LogP contribution in [0.2, 0.25) is 0 Å². The normalized spacial score (nSPS) is 30.8. The predicted molar refractivity (Wildman–Crippen MR) is 60.3 cm³/mol. The molecule has 1 aromatic carbocycles. The van der Waals surface area contributed by atoms with E-state index in [2.05, 4.69) is 13.0 Å². The van der Waals surface area contributed by atoms with Crippen LogP contribution >= 0.6 is 0 Å². The van der Waals surface area contributed by atoms with Crippen LogP contribution in [0.25, 0.3) is 0 Å². The average Bonchev–Trinajstić information content (AvgIpc) is 2.46. The zero-order valence-electron chi connectivity index (χ0n) is 9.39. The highest BCUT2D eigenvalue weighted by Crippen LogP contribution is 2.40. The van der Waals surface area contributed by atoms with Gasteiger partial charge in [-0.25, -0.2) is 4.39 Å². The van der Waals surface area contributed by atoms with E-state index in [-0.39, 0.29) is 17.3 Å². The van der Waals surface area contributed by atoms with Crippen LogP contribution in [-0.2, 0) is 5.41 Å². The highest BCUT2D eigenvalue weighted by molar-refractivity contribution is 5.31. The van der Waals surface area contributed by atoms with E-state index in [4.69, 9.17) is 5.73 Å². The first-order valence-corrected chi connectivity index (χ1v) is 5.53. The van der Waals surface area contributed by atoms with Crippen molar-refractivity contribution in [2.75, 3.05) is 0 Å². The monoisotopic (exact) mass is 207 g/mol. The van der Waals surface area contributed by atoms with Gasteiger partial charge < -0.3 is 5.73 Å². The van der Waals surface area contributed by atoms with E-state index in [0.29, 0.717) is 0 Å². The van der Waals surface area contributed by atoms with E-state index in [1.165, 1.54) is 0 Å². The molecule has 2 atom stereocenters. The van der Waals surface area contributed by atoms with E-state index >= 15 is 0 Å². The molecule has 82 valence electrons. The average molecular weight is 207 g/mol. The van der Waals surface area contributed by atoms with Gasteiger partial charge in [-0.2, -0.15) is 0 Å². The summed E-state index contributed by atoms with van der Waals surface area (Å²) >= 11 is 0. The molecule has 0 spiro atoms. The summed E-state index contributed by atoms with van der Waals surface area (Å²) in [6, 6.07) is 5.59. The molecule has 0 heterocycles. The Morgan fingerprint density at radius 2 is 2.13 bits per heavy atom. The van der Waals surface area contributed by atoms with Crippen molar-refractivity contribution in [3.05, 3.63) is 35.1 Å². The summed E-state index contributed by atoms with van der Waals surface area (Å²) in [6.07, 6.45) is 3.08. The Morgan fingerprint density at radius 1 is 1.40 bits per heavy atom. The second kappa shape index (κ2) is 3.60. The molecule has 2 N–H and O–H groups in total. The topological polar surface area (TPSA) is 26.0 Å². The summed E-state index contributed by atoms with van der Waals surface area (Å²) in [5.41, 5.74) is 8.10. The number of rotatable bonds is 1. The fourth-order valence-corrected chi connectivity index (χ4v) is 2.63. The maximum atomic E-state index is 13.3. The van der Waals surface area contributed by atoms with E-state index in [1.807, 2.05) is 6.92 Å². The van der Waals surface area contributed by atoms with Gasteiger partial charge in [0.2, 0.25) is 0 Å². The predicted octanol–water partition coefficient (Wildman–Crippen LogP) is 2.90. The van der Waals surface area contributed by atoms with Gasteiger partial charge in [0.25, 0.3) is 0 Å². The number of hydrogen-bond donors (Lipinski definition) is 1. The molecule has 1 aromatic rings. The van der Waals surface area contributed by atoms with Gasteiger partial charge in [-0.15, -0.1) is 0 Å². The van der Waals surface area contributed by atoms with Gasteiger partial charge in [0.1, 0.15) is 5.82 Å². The van der Waals surface area contributed by atoms with Gasteiger partial charge in [-0.05, 0) is 54.9 Å². The first kappa shape index (κ1) is 10.6. The summed E-state index contributed by atoms with van der Waals surface area (Å²) in [5.74, 6) is -0.133. The maximum Gasteiger partial charge on any atom is 0.123 e. The molecule has 2 rings (SSSR count). The highest BCUT2D eigenvalue weighted by atomic mass is 19.1. The lowest BCUT2D eigenvalue weighted by molar-refractivity contribution is 0.477. The van der Waals surface area contributed by atoms with Crippen LogP contribution in [0.4, 0.5) is 4.39 Å². The quantitative estimate of drug-likeness (QED) is 0.753. The van der Waals surface area contributed by atoms with Gasteiger partial charge in [0.15, 0.2) is 0 Å². The summed E-state index contributed by atoms with van der Waals surface area (Å²) in [7, 11) is 0. The Balaban J connectivity index is 2.36. The molecular weight excluding hydrogens is 189 g/mol. The van der Waals surface area contributed by atoms with Crippen LogP contribution in [-0.4, -0.2) is 6.04 Å². The zero-order valence-corrected chi connectivity index (χ0v) is 9.39. The second-order valence-corrected chi connectivity index (χ2v) is 5.08. The molecule has 1 aliphatic carbocycles. The molecule has 0 bridgehead atoms. The number of benzene rings is 1. The third kappa shape index (κ3) is 2.05. The molecule has 2 heteroatoms. The molecule has 1 fully saturated rings. The lowest BCUT2D eigenvalue weighted by atomic mass is 9.80. The first-order chi connectivity index (χ1) is 6.99. The highest BCUT2D eigenvalue weighted by Gasteiger charge is 2.35. The van der Waals surface area contributed by atoms with Crippen LogP contribution in [0.3, 0.4) is 0 Å². The van der Waals surface area contributed by atoms with E-state index in [0.717, 1.165) is 30.4 Å². The van der Waals surface area contributed by atoms with Crippen molar-refractivity contribution < 1.29 is 4.39 Å². The number of nitrogens with two attached hydrogens (primary N) is 1. The van der Waals surface area contributed by atoms with E-state index in [1.54, 1.807) is 12.1 Å². The lowest BCUT2D eigenvalue weighted by Gasteiger charge is -2.25. The molecule has 1 aliphatic rings. The standard InChI is InChI=1S/C13H18FN/c1-9-5-10(7-11(14)6-9)13(2)4-3-12(15)8-13/h5-7,12H,3-4,8,15H2,1-2H3. The fraction of sp³-hybridized carbons (Fsp3) is 0.538. The van der Waals surface area contributed by atoms with Gasteiger partial charge in [0.05, 0.1) is 0 Å². The minimum Gasteiger partial charge on any atom is -0.328 e. The third-order valence-corrected chi connectivity index (χ3v) is 3.52. The Hall–Kier alpha value is -0.890. The first-order valence-electron chi connectivity index (χ1n) is 5.53. The number of halogens is 1.